The van der Waals surface area contributed by atoms with Gasteiger partial charge in [-0.3, -0.25) is 9.69 Å². The van der Waals surface area contributed by atoms with Crippen LogP contribution in [0.2, 0.25) is 0 Å². The van der Waals surface area contributed by atoms with Gasteiger partial charge in [-0.1, -0.05) is 30.3 Å². The fourth-order valence-electron chi connectivity index (χ4n) is 3.98. The number of hydrogen-bond acceptors (Lipinski definition) is 4. The molecule has 1 aromatic carbocycles. The van der Waals surface area contributed by atoms with Crippen LogP contribution >= 0.6 is 0 Å². The minimum absolute atomic E-state index is 0.0820. The smallest absolute Gasteiger partial charge is 0.325 e. The quantitative estimate of drug-likeness (QED) is 0.851. The maximum atomic E-state index is 13.1. The van der Waals surface area contributed by atoms with Crippen LogP contribution in [0, 0.1) is 11.8 Å². The fraction of sp³-hybridized carbons (Fsp3) is 0.421. The number of oxazole rings is 1. The molecule has 5 rings (SSSR count). The molecule has 3 fully saturated rings. The number of nitrogens with one attached hydrogen (secondary N) is 1. The third kappa shape index (κ3) is 2.27. The first-order valence-corrected chi connectivity index (χ1v) is 8.82. The van der Waals surface area contributed by atoms with Crippen molar-refractivity contribution in [1.29, 1.82) is 0 Å². The van der Waals surface area contributed by atoms with Crippen LogP contribution in [0.1, 0.15) is 31.6 Å². The molecule has 0 radical (unpaired) electrons. The molecular formula is C19H19N3O3. The number of amides is 3. The fourth-order valence-corrected chi connectivity index (χ4v) is 3.98. The normalized spacial score (nSPS) is 22.3. The van der Waals surface area contributed by atoms with E-state index in [1.165, 1.54) is 4.90 Å². The molecule has 2 aliphatic carbocycles. The van der Waals surface area contributed by atoms with E-state index in [4.69, 9.17) is 4.42 Å². The van der Waals surface area contributed by atoms with E-state index in [9.17, 15) is 9.59 Å². The van der Waals surface area contributed by atoms with Crippen molar-refractivity contribution in [2.75, 3.05) is 0 Å². The summed E-state index contributed by atoms with van der Waals surface area (Å²) in [4.78, 5) is 31.1. The molecule has 2 aromatic rings. The minimum Gasteiger partial charge on any atom is -0.439 e. The first-order chi connectivity index (χ1) is 12.2. The Balaban J connectivity index is 1.38. The van der Waals surface area contributed by atoms with Crippen LogP contribution in [0.5, 0.6) is 0 Å². The van der Waals surface area contributed by atoms with Crippen LogP contribution in [0.3, 0.4) is 0 Å². The van der Waals surface area contributed by atoms with Crippen molar-refractivity contribution in [2.24, 2.45) is 11.8 Å². The van der Waals surface area contributed by atoms with Crippen molar-refractivity contribution in [3.63, 3.8) is 0 Å². The molecule has 6 heteroatoms. The molecule has 128 valence electrons. The van der Waals surface area contributed by atoms with Crippen LogP contribution in [-0.2, 0) is 11.3 Å². The molecule has 1 aliphatic heterocycles. The molecule has 6 nitrogen and oxygen atoms in total. The maximum Gasteiger partial charge on any atom is 0.325 e. The topological polar surface area (TPSA) is 75.4 Å². The van der Waals surface area contributed by atoms with E-state index in [0.29, 0.717) is 23.5 Å². The van der Waals surface area contributed by atoms with Gasteiger partial charge in [-0.2, -0.15) is 0 Å². The van der Waals surface area contributed by atoms with E-state index in [-0.39, 0.29) is 18.5 Å². The van der Waals surface area contributed by atoms with Gasteiger partial charge >= 0.3 is 6.03 Å². The third-order valence-electron chi connectivity index (χ3n) is 5.51. The summed E-state index contributed by atoms with van der Waals surface area (Å²) < 4.78 is 5.76. The highest BCUT2D eigenvalue weighted by Gasteiger charge is 2.65. The molecule has 1 aromatic heterocycles. The van der Waals surface area contributed by atoms with Gasteiger partial charge in [0.2, 0.25) is 5.89 Å². The number of rotatable bonds is 5. The van der Waals surface area contributed by atoms with Crippen molar-refractivity contribution in [2.45, 2.75) is 37.8 Å². The molecule has 1 saturated heterocycles. The van der Waals surface area contributed by atoms with Crippen LogP contribution in [0.4, 0.5) is 4.79 Å². The summed E-state index contributed by atoms with van der Waals surface area (Å²) in [7, 11) is 0. The maximum absolute atomic E-state index is 13.1. The Morgan fingerprint density at radius 1 is 1.12 bits per heavy atom. The predicted molar refractivity (Wildman–Crippen MR) is 89.2 cm³/mol. The summed E-state index contributed by atoms with van der Waals surface area (Å²) in [5.74, 6) is 1.52. The molecule has 0 spiro atoms. The van der Waals surface area contributed by atoms with Gasteiger partial charge in [0, 0.05) is 5.56 Å². The third-order valence-corrected chi connectivity index (χ3v) is 5.51. The van der Waals surface area contributed by atoms with E-state index in [2.05, 4.69) is 10.3 Å². The van der Waals surface area contributed by atoms with Crippen molar-refractivity contribution in [3.8, 4) is 11.3 Å². The molecule has 2 heterocycles. The van der Waals surface area contributed by atoms with Gasteiger partial charge < -0.3 is 9.73 Å². The van der Waals surface area contributed by atoms with Crippen molar-refractivity contribution in [3.05, 3.63) is 42.4 Å². The molecule has 0 unspecified atom stereocenters. The lowest BCUT2D eigenvalue weighted by atomic mass is 9.87. The Morgan fingerprint density at radius 3 is 2.44 bits per heavy atom. The highest BCUT2D eigenvalue weighted by atomic mass is 16.4. The average molecular weight is 337 g/mol. The SMILES string of the molecule is O=C1NC(C2CC2)(C2CC2)C(=O)N1Cc1ncc(-c2ccccc2)o1. The van der Waals surface area contributed by atoms with Crippen LogP contribution in [0.25, 0.3) is 11.3 Å². The van der Waals surface area contributed by atoms with Crippen molar-refractivity contribution in [1.82, 2.24) is 15.2 Å². The lowest BCUT2D eigenvalue weighted by Crippen LogP contribution is -2.51. The minimum atomic E-state index is -0.661. The second-order valence-electron chi connectivity index (χ2n) is 7.22. The largest absolute Gasteiger partial charge is 0.439 e. The Kier molecular flexibility index (Phi) is 3.04. The Labute approximate surface area is 145 Å². The average Bonchev–Trinajstić information content (AvgIpc) is 3.55. The summed E-state index contributed by atoms with van der Waals surface area (Å²) in [6, 6.07) is 9.34. The zero-order valence-electron chi connectivity index (χ0n) is 13.8. The first-order valence-electron chi connectivity index (χ1n) is 8.82. The van der Waals surface area contributed by atoms with E-state index < -0.39 is 5.54 Å². The van der Waals surface area contributed by atoms with Crippen LogP contribution < -0.4 is 5.32 Å². The van der Waals surface area contributed by atoms with E-state index in [1.54, 1.807) is 6.20 Å². The van der Waals surface area contributed by atoms with Gasteiger partial charge in [0.05, 0.1) is 6.20 Å². The number of carbonyl (C=O) groups is 2. The lowest BCUT2D eigenvalue weighted by molar-refractivity contribution is -0.133. The van der Waals surface area contributed by atoms with Gasteiger partial charge in [-0.05, 0) is 37.5 Å². The molecule has 0 bridgehead atoms. The molecule has 25 heavy (non-hydrogen) atoms. The van der Waals surface area contributed by atoms with Crippen LogP contribution in [-0.4, -0.2) is 27.4 Å². The number of urea groups is 1. The number of aromatic nitrogens is 1. The number of hydrogen-bond donors (Lipinski definition) is 1. The summed E-state index contributed by atoms with van der Waals surface area (Å²) in [6.45, 7) is 0.0820. The van der Waals surface area contributed by atoms with Gasteiger partial charge in [0.1, 0.15) is 12.1 Å². The molecule has 1 N–H and O–H groups in total. The molecule has 3 amide bonds. The molecular weight excluding hydrogens is 318 g/mol. The second-order valence-corrected chi connectivity index (χ2v) is 7.22. The number of carbonyl (C=O) groups excluding carboxylic acids is 2. The van der Waals surface area contributed by atoms with E-state index in [1.807, 2.05) is 30.3 Å². The standard InChI is InChI=1S/C19H19N3O3/c23-17-19(13-6-7-13,14-8-9-14)21-18(24)22(17)11-16-20-10-15(25-16)12-4-2-1-3-5-12/h1-5,10,13-14H,6-9,11H2,(H,21,24). The highest BCUT2D eigenvalue weighted by molar-refractivity contribution is 6.07. The van der Waals surface area contributed by atoms with Crippen molar-refractivity contribution >= 4 is 11.9 Å². The van der Waals surface area contributed by atoms with Crippen LogP contribution in [0.15, 0.2) is 40.9 Å². The zero-order chi connectivity index (χ0) is 17.0. The van der Waals surface area contributed by atoms with Gasteiger partial charge in [-0.15, -0.1) is 0 Å². The predicted octanol–water partition coefficient (Wildman–Crippen LogP) is 2.95. The molecule has 0 atom stereocenters. The highest BCUT2D eigenvalue weighted by Crippen LogP contribution is 2.54. The van der Waals surface area contributed by atoms with Crippen molar-refractivity contribution < 1.29 is 14.0 Å². The molecule has 3 aliphatic rings. The van der Waals surface area contributed by atoms with E-state index >= 15 is 0 Å². The zero-order valence-corrected chi connectivity index (χ0v) is 13.8. The number of nitrogens with zero attached hydrogens (tertiary/aromatic N) is 2. The van der Waals surface area contributed by atoms with Gasteiger partial charge in [-0.25, -0.2) is 9.78 Å². The van der Waals surface area contributed by atoms with E-state index in [0.717, 1.165) is 31.2 Å². The Hall–Kier alpha value is -2.63. The number of imide groups is 1. The monoisotopic (exact) mass is 337 g/mol. The lowest BCUT2D eigenvalue weighted by Gasteiger charge is -2.26. The summed E-state index contributed by atoms with van der Waals surface area (Å²) >= 11 is 0. The Morgan fingerprint density at radius 2 is 1.80 bits per heavy atom. The second kappa shape index (κ2) is 5.18. The van der Waals surface area contributed by atoms with Gasteiger partial charge in [0.15, 0.2) is 5.76 Å². The van der Waals surface area contributed by atoms with Gasteiger partial charge in [0.25, 0.3) is 5.91 Å². The first kappa shape index (κ1) is 14.7. The summed E-state index contributed by atoms with van der Waals surface area (Å²) in [5.41, 5.74) is 0.259. The molecule has 2 saturated carbocycles. The summed E-state index contributed by atoms with van der Waals surface area (Å²) in [5, 5.41) is 3.02. The Bertz CT molecular complexity index is 825. The summed E-state index contributed by atoms with van der Waals surface area (Å²) in [6.07, 6.45) is 5.72. The number of benzene rings is 1.